The molecule has 5 aromatic rings. The van der Waals surface area contributed by atoms with Crippen molar-refractivity contribution in [2.75, 3.05) is 0 Å². The third-order valence-electron chi connectivity index (χ3n) is 5.39. The molecule has 0 nitrogen and oxygen atoms in total. The van der Waals surface area contributed by atoms with Gasteiger partial charge in [-0.15, -0.1) is 0 Å². The maximum atomic E-state index is 2.35. The molecule has 0 saturated carbocycles. The highest BCUT2D eigenvalue weighted by Crippen LogP contribution is 2.34. The molecule has 0 amide bonds. The molecule has 5 aromatic carbocycles. The summed E-state index contributed by atoms with van der Waals surface area (Å²) in [6.07, 6.45) is 0. The third-order valence-corrected chi connectivity index (χ3v) is 5.39. The zero-order valence-corrected chi connectivity index (χ0v) is 14.6. The van der Waals surface area contributed by atoms with Crippen LogP contribution in [-0.2, 0) is 0 Å². The van der Waals surface area contributed by atoms with E-state index in [2.05, 4.69) is 92.7 Å². The molecule has 0 aliphatic rings. The van der Waals surface area contributed by atoms with E-state index in [0.717, 1.165) is 0 Å². The van der Waals surface area contributed by atoms with E-state index in [1.165, 1.54) is 48.7 Å². The van der Waals surface area contributed by atoms with Gasteiger partial charge in [0.2, 0.25) is 0 Å². The molecule has 25 heavy (non-hydrogen) atoms. The van der Waals surface area contributed by atoms with Crippen molar-refractivity contribution in [1.29, 1.82) is 0 Å². The van der Waals surface area contributed by atoms with Crippen molar-refractivity contribution in [2.45, 2.75) is 19.8 Å². The topological polar surface area (TPSA) is 0 Å². The van der Waals surface area contributed by atoms with Crippen molar-refractivity contribution < 1.29 is 0 Å². The van der Waals surface area contributed by atoms with E-state index in [-0.39, 0.29) is 0 Å². The van der Waals surface area contributed by atoms with Crippen LogP contribution in [0.3, 0.4) is 0 Å². The second-order valence-electron chi connectivity index (χ2n) is 7.28. The van der Waals surface area contributed by atoms with Gasteiger partial charge in [0.25, 0.3) is 0 Å². The Balaban J connectivity index is 1.89. The molecular formula is C25H20. The molecule has 5 rings (SSSR count). The number of rotatable bonds is 1. The first kappa shape index (κ1) is 14.5. The molecule has 0 bridgehead atoms. The highest BCUT2D eigenvalue weighted by molar-refractivity contribution is 6.19. The lowest BCUT2D eigenvalue weighted by atomic mass is 9.93. The molecule has 0 aliphatic carbocycles. The molecule has 0 heterocycles. The first-order valence-corrected chi connectivity index (χ1v) is 8.98. The Morgan fingerprint density at radius 1 is 0.480 bits per heavy atom. The normalized spacial score (nSPS) is 12.0. The Morgan fingerprint density at radius 3 is 2.04 bits per heavy atom. The van der Waals surface area contributed by atoms with Crippen LogP contribution in [0.5, 0.6) is 0 Å². The van der Waals surface area contributed by atoms with Crippen molar-refractivity contribution in [3.05, 3.63) is 84.4 Å². The molecular weight excluding hydrogens is 300 g/mol. The lowest BCUT2D eigenvalue weighted by Gasteiger charge is -2.11. The van der Waals surface area contributed by atoms with Gasteiger partial charge in [-0.3, -0.25) is 0 Å². The zero-order valence-electron chi connectivity index (χ0n) is 14.6. The molecule has 0 aliphatic heterocycles. The standard InChI is InChI=1S/C25H20/c1-16(2)18-7-8-19-15-25-20(14-21(19)13-18)10-12-23-22-6-4-3-5-17(22)9-11-24(23)25/h3-16H,1-2H3. The number of hydrogen-bond donors (Lipinski definition) is 0. The predicted octanol–water partition coefficient (Wildman–Crippen LogP) is 7.42. The second kappa shape index (κ2) is 5.32. The molecule has 0 aromatic heterocycles. The maximum absolute atomic E-state index is 2.35. The van der Waals surface area contributed by atoms with Crippen molar-refractivity contribution >= 4 is 43.1 Å². The smallest absolute Gasteiger partial charge is 0.00987 e. The van der Waals surface area contributed by atoms with Crippen molar-refractivity contribution in [2.24, 2.45) is 0 Å². The molecule has 0 fully saturated rings. The summed E-state index contributed by atoms with van der Waals surface area (Å²) in [5.41, 5.74) is 1.40. The van der Waals surface area contributed by atoms with E-state index in [4.69, 9.17) is 0 Å². The van der Waals surface area contributed by atoms with E-state index in [9.17, 15) is 0 Å². The fourth-order valence-electron chi connectivity index (χ4n) is 3.95. The van der Waals surface area contributed by atoms with Gasteiger partial charge in [0.15, 0.2) is 0 Å². The van der Waals surface area contributed by atoms with Gasteiger partial charge in [0, 0.05) is 0 Å². The van der Waals surface area contributed by atoms with Gasteiger partial charge in [-0.2, -0.15) is 0 Å². The van der Waals surface area contributed by atoms with Crippen LogP contribution in [-0.4, -0.2) is 0 Å². The Hall–Kier alpha value is -2.86. The summed E-state index contributed by atoms with van der Waals surface area (Å²) in [4.78, 5) is 0. The van der Waals surface area contributed by atoms with E-state index >= 15 is 0 Å². The van der Waals surface area contributed by atoms with Crippen LogP contribution >= 0.6 is 0 Å². The quantitative estimate of drug-likeness (QED) is 0.222. The van der Waals surface area contributed by atoms with Crippen LogP contribution in [0.4, 0.5) is 0 Å². The van der Waals surface area contributed by atoms with Gasteiger partial charge in [0.1, 0.15) is 0 Å². The fraction of sp³-hybridized carbons (Fsp3) is 0.120. The minimum Gasteiger partial charge on any atom is -0.0616 e. The predicted molar refractivity (Wildman–Crippen MR) is 111 cm³/mol. The Labute approximate surface area is 147 Å². The summed E-state index contributed by atoms with van der Waals surface area (Å²) >= 11 is 0. The van der Waals surface area contributed by atoms with Gasteiger partial charge in [0.05, 0.1) is 0 Å². The van der Waals surface area contributed by atoms with Crippen LogP contribution in [0.25, 0.3) is 43.1 Å². The maximum Gasteiger partial charge on any atom is -0.00987 e. The highest BCUT2D eigenvalue weighted by Gasteiger charge is 2.07. The first-order chi connectivity index (χ1) is 12.2. The van der Waals surface area contributed by atoms with Crippen LogP contribution in [0.15, 0.2) is 78.9 Å². The molecule has 0 radical (unpaired) electrons. The van der Waals surface area contributed by atoms with Gasteiger partial charge in [-0.25, -0.2) is 0 Å². The SMILES string of the molecule is CC(C)c1ccc2cc3c(ccc4c5ccccc5ccc34)cc2c1. The molecule has 0 spiro atoms. The Morgan fingerprint density at radius 2 is 1.20 bits per heavy atom. The lowest BCUT2D eigenvalue weighted by Crippen LogP contribution is -1.87. The van der Waals surface area contributed by atoms with E-state index < -0.39 is 0 Å². The van der Waals surface area contributed by atoms with Crippen LogP contribution < -0.4 is 0 Å². The number of benzene rings is 5. The molecule has 0 heteroatoms. The van der Waals surface area contributed by atoms with E-state index in [1.807, 2.05) is 0 Å². The average Bonchev–Trinajstić information content (AvgIpc) is 2.65. The summed E-state index contributed by atoms with van der Waals surface area (Å²) in [6, 6.07) is 29.3. The Bertz CT molecular complexity index is 1260. The van der Waals surface area contributed by atoms with Crippen molar-refractivity contribution in [3.63, 3.8) is 0 Å². The molecule has 0 N–H and O–H groups in total. The lowest BCUT2D eigenvalue weighted by molar-refractivity contribution is 0.869. The van der Waals surface area contributed by atoms with Gasteiger partial charge >= 0.3 is 0 Å². The third kappa shape index (κ3) is 2.21. The minimum atomic E-state index is 0.558. The van der Waals surface area contributed by atoms with Crippen LogP contribution in [0.2, 0.25) is 0 Å². The molecule has 0 atom stereocenters. The zero-order chi connectivity index (χ0) is 17.0. The summed E-state index contributed by atoms with van der Waals surface area (Å²) in [5, 5.41) is 10.6. The van der Waals surface area contributed by atoms with Crippen molar-refractivity contribution in [3.8, 4) is 0 Å². The Kier molecular flexibility index (Phi) is 3.08. The van der Waals surface area contributed by atoms with E-state index in [0.29, 0.717) is 5.92 Å². The summed E-state index contributed by atoms with van der Waals surface area (Å²) in [7, 11) is 0. The summed E-state index contributed by atoms with van der Waals surface area (Å²) in [5.74, 6) is 0.558. The first-order valence-electron chi connectivity index (χ1n) is 8.98. The average molecular weight is 320 g/mol. The van der Waals surface area contributed by atoms with E-state index in [1.54, 1.807) is 0 Å². The van der Waals surface area contributed by atoms with Gasteiger partial charge < -0.3 is 0 Å². The van der Waals surface area contributed by atoms with Gasteiger partial charge in [-0.05, 0) is 66.7 Å². The van der Waals surface area contributed by atoms with Gasteiger partial charge in [-0.1, -0.05) is 80.6 Å². The largest absolute Gasteiger partial charge is 0.0616 e. The monoisotopic (exact) mass is 320 g/mol. The summed E-state index contributed by atoms with van der Waals surface area (Å²) < 4.78 is 0. The molecule has 0 saturated heterocycles. The fourth-order valence-corrected chi connectivity index (χ4v) is 3.95. The molecule has 120 valence electrons. The van der Waals surface area contributed by atoms with Crippen LogP contribution in [0, 0.1) is 0 Å². The molecule has 0 unspecified atom stereocenters. The van der Waals surface area contributed by atoms with Crippen LogP contribution in [0.1, 0.15) is 25.3 Å². The second-order valence-corrected chi connectivity index (χ2v) is 7.28. The number of fused-ring (bicyclic) bond motifs is 6. The number of hydrogen-bond acceptors (Lipinski definition) is 0. The van der Waals surface area contributed by atoms with Crippen molar-refractivity contribution in [1.82, 2.24) is 0 Å². The highest BCUT2D eigenvalue weighted by atomic mass is 14.1. The minimum absolute atomic E-state index is 0.558. The summed E-state index contributed by atoms with van der Waals surface area (Å²) in [6.45, 7) is 4.50.